The van der Waals surface area contributed by atoms with E-state index < -0.39 is 0 Å². The number of hydrogen-bond donors (Lipinski definition) is 1. The quantitative estimate of drug-likeness (QED) is 0.625. The average Bonchev–Trinajstić information content (AvgIpc) is 1.84. The van der Waals surface area contributed by atoms with Crippen LogP contribution >= 0.6 is 0 Å². The Labute approximate surface area is 76.5 Å². The molecule has 0 aromatic heterocycles. The predicted molar refractivity (Wildman–Crippen MR) is 53.2 cm³/mol. The maximum absolute atomic E-state index is 5.75. The number of nitrogens with two attached hydrogens (primary N) is 1. The third-order valence-corrected chi connectivity index (χ3v) is 2.08. The SMILES string of the molecule is COCCCC(C)(C)CC(C)N. The first kappa shape index (κ1) is 11.9. The highest BCUT2D eigenvalue weighted by atomic mass is 16.5. The Kier molecular flexibility index (Phi) is 5.51. The third kappa shape index (κ3) is 6.62. The molecule has 0 spiro atoms. The Morgan fingerprint density at radius 1 is 1.42 bits per heavy atom. The van der Waals surface area contributed by atoms with Crippen LogP contribution < -0.4 is 5.73 Å². The summed E-state index contributed by atoms with van der Waals surface area (Å²) in [7, 11) is 1.75. The molecule has 0 saturated heterocycles. The van der Waals surface area contributed by atoms with Gasteiger partial charge in [-0.05, 0) is 31.6 Å². The van der Waals surface area contributed by atoms with Gasteiger partial charge in [0.25, 0.3) is 0 Å². The van der Waals surface area contributed by atoms with Gasteiger partial charge in [0.15, 0.2) is 0 Å². The third-order valence-electron chi connectivity index (χ3n) is 2.08. The molecule has 0 fully saturated rings. The standard InChI is InChI=1S/C10H23NO/c1-9(11)8-10(2,3)6-5-7-12-4/h9H,5-8,11H2,1-4H3. The molecule has 1 unspecified atom stereocenters. The van der Waals surface area contributed by atoms with E-state index >= 15 is 0 Å². The molecule has 12 heavy (non-hydrogen) atoms. The Balaban J connectivity index is 3.56. The molecule has 0 amide bonds. The van der Waals surface area contributed by atoms with Crippen molar-refractivity contribution in [2.45, 2.75) is 46.1 Å². The van der Waals surface area contributed by atoms with Crippen molar-refractivity contribution in [3.63, 3.8) is 0 Å². The van der Waals surface area contributed by atoms with Crippen LogP contribution in [0.15, 0.2) is 0 Å². The van der Waals surface area contributed by atoms with Crippen molar-refractivity contribution in [3.8, 4) is 0 Å². The molecule has 0 aliphatic heterocycles. The van der Waals surface area contributed by atoms with Crippen LogP contribution in [-0.4, -0.2) is 19.8 Å². The normalized spacial score (nSPS) is 14.8. The zero-order valence-electron chi connectivity index (χ0n) is 8.89. The van der Waals surface area contributed by atoms with Gasteiger partial charge in [0.05, 0.1) is 0 Å². The lowest BCUT2D eigenvalue weighted by Gasteiger charge is -2.26. The molecule has 0 aromatic carbocycles. The van der Waals surface area contributed by atoms with Gasteiger partial charge in [-0.3, -0.25) is 0 Å². The first-order valence-electron chi connectivity index (χ1n) is 4.72. The molecular formula is C10H23NO. The molecular weight excluding hydrogens is 150 g/mol. The molecule has 0 bridgehead atoms. The lowest BCUT2D eigenvalue weighted by Crippen LogP contribution is -2.25. The maximum atomic E-state index is 5.75. The fourth-order valence-corrected chi connectivity index (χ4v) is 1.67. The van der Waals surface area contributed by atoms with E-state index in [2.05, 4.69) is 20.8 Å². The van der Waals surface area contributed by atoms with Gasteiger partial charge in [0, 0.05) is 19.8 Å². The summed E-state index contributed by atoms with van der Waals surface area (Å²) in [4.78, 5) is 0. The number of ether oxygens (including phenoxy) is 1. The molecule has 0 rings (SSSR count). The van der Waals surface area contributed by atoms with Crippen LogP contribution in [0.25, 0.3) is 0 Å². The molecule has 0 radical (unpaired) electrons. The summed E-state index contributed by atoms with van der Waals surface area (Å²) >= 11 is 0. The van der Waals surface area contributed by atoms with Crippen LogP contribution in [0.4, 0.5) is 0 Å². The van der Waals surface area contributed by atoms with Gasteiger partial charge >= 0.3 is 0 Å². The smallest absolute Gasteiger partial charge is 0.0462 e. The predicted octanol–water partition coefficient (Wildman–Crippen LogP) is 2.18. The second-order valence-electron chi connectivity index (χ2n) is 4.44. The highest BCUT2D eigenvalue weighted by molar-refractivity contribution is 4.72. The van der Waals surface area contributed by atoms with Gasteiger partial charge in [0.2, 0.25) is 0 Å². The average molecular weight is 173 g/mol. The van der Waals surface area contributed by atoms with Crippen LogP contribution in [0.3, 0.4) is 0 Å². The first-order chi connectivity index (χ1) is 5.48. The Bertz CT molecular complexity index is 110. The number of methoxy groups -OCH3 is 1. The van der Waals surface area contributed by atoms with Crippen molar-refractivity contribution >= 4 is 0 Å². The van der Waals surface area contributed by atoms with Crippen molar-refractivity contribution in [2.75, 3.05) is 13.7 Å². The molecule has 2 heteroatoms. The van der Waals surface area contributed by atoms with Crippen LogP contribution in [0.1, 0.15) is 40.0 Å². The van der Waals surface area contributed by atoms with Crippen molar-refractivity contribution < 1.29 is 4.74 Å². The fraction of sp³-hybridized carbons (Fsp3) is 1.00. The topological polar surface area (TPSA) is 35.2 Å². The molecule has 0 aliphatic rings. The van der Waals surface area contributed by atoms with Gasteiger partial charge in [0.1, 0.15) is 0 Å². The van der Waals surface area contributed by atoms with Gasteiger partial charge < -0.3 is 10.5 Å². The zero-order valence-corrected chi connectivity index (χ0v) is 8.89. The van der Waals surface area contributed by atoms with Crippen molar-refractivity contribution in [3.05, 3.63) is 0 Å². The van der Waals surface area contributed by atoms with Gasteiger partial charge in [-0.15, -0.1) is 0 Å². The molecule has 0 aliphatic carbocycles. The monoisotopic (exact) mass is 173 g/mol. The molecule has 0 saturated carbocycles. The highest BCUT2D eigenvalue weighted by Crippen LogP contribution is 2.27. The van der Waals surface area contributed by atoms with E-state index in [1.807, 2.05) is 0 Å². The summed E-state index contributed by atoms with van der Waals surface area (Å²) < 4.78 is 5.01. The summed E-state index contributed by atoms with van der Waals surface area (Å²) in [5.41, 5.74) is 6.12. The minimum absolute atomic E-state index is 0.308. The Morgan fingerprint density at radius 2 is 2.00 bits per heavy atom. The summed E-state index contributed by atoms with van der Waals surface area (Å²) in [6.45, 7) is 7.47. The maximum Gasteiger partial charge on any atom is 0.0462 e. The van der Waals surface area contributed by atoms with E-state index in [1.54, 1.807) is 7.11 Å². The van der Waals surface area contributed by atoms with Crippen molar-refractivity contribution in [2.24, 2.45) is 11.1 Å². The van der Waals surface area contributed by atoms with E-state index in [0.717, 1.165) is 19.4 Å². The Morgan fingerprint density at radius 3 is 2.42 bits per heavy atom. The summed E-state index contributed by atoms with van der Waals surface area (Å²) in [5, 5.41) is 0. The van der Waals surface area contributed by atoms with E-state index in [9.17, 15) is 0 Å². The van der Waals surface area contributed by atoms with Crippen molar-refractivity contribution in [1.29, 1.82) is 0 Å². The largest absolute Gasteiger partial charge is 0.385 e. The lowest BCUT2D eigenvalue weighted by atomic mass is 9.82. The Hall–Kier alpha value is -0.0800. The van der Waals surface area contributed by atoms with Crippen LogP contribution in [0.2, 0.25) is 0 Å². The molecule has 2 nitrogen and oxygen atoms in total. The first-order valence-corrected chi connectivity index (χ1v) is 4.72. The summed E-state index contributed by atoms with van der Waals surface area (Å²) in [6.07, 6.45) is 3.43. The fourth-order valence-electron chi connectivity index (χ4n) is 1.67. The van der Waals surface area contributed by atoms with Crippen LogP contribution in [-0.2, 0) is 4.74 Å². The summed E-state index contributed by atoms with van der Waals surface area (Å²) in [6, 6.07) is 0.308. The molecule has 0 aromatic rings. The molecule has 1 atom stereocenters. The van der Waals surface area contributed by atoms with Crippen LogP contribution in [0, 0.1) is 5.41 Å². The van der Waals surface area contributed by atoms with Gasteiger partial charge in [-0.25, -0.2) is 0 Å². The van der Waals surface area contributed by atoms with Crippen LogP contribution in [0.5, 0.6) is 0 Å². The van der Waals surface area contributed by atoms with Gasteiger partial charge in [-0.1, -0.05) is 13.8 Å². The molecule has 74 valence electrons. The lowest BCUT2D eigenvalue weighted by molar-refractivity contribution is 0.170. The highest BCUT2D eigenvalue weighted by Gasteiger charge is 2.18. The van der Waals surface area contributed by atoms with E-state index in [4.69, 9.17) is 10.5 Å². The molecule has 2 N–H and O–H groups in total. The summed E-state index contributed by atoms with van der Waals surface area (Å²) in [5.74, 6) is 0. The van der Waals surface area contributed by atoms with E-state index in [0.29, 0.717) is 11.5 Å². The zero-order chi connectivity index (χ0) is 9.61. The molecule has 0 heterocycles. The number of hydrogen-bond acceptors (Lipinski definition) is 2. The minimum Gasteiger partial charge on any atom is -0.385 e. The van der Waals surface area contributed by atoms with Crippen molar-refractivity contribution in [1.82, 2.24) is 0 Å². The number of rotatable bonds is 6. The second kappa shape index (κ2) is 5.55. The second-order valence-corrected chi connectivity index (χ2v) is 4.44. The van der Waals surface area contributed by atoms with Gasteiger partial charge in [-0.2, -0.15) is 0 Å². The minimum atomic E-state index is 0.308. The van der Waals surface area contributed by atoms with E-state index in [1.165, 1.54) is 6.42 Å². The van der Waals surface area contributed by atoms with E-state index in [-0.39, 0.29) is 0 Å².